The van der Waals surface area contributed by atoms with Crippen molar-refractivity contribution in [2.45, 2.75) is 26.7 Å². The maximum Gasteiger partial charge on any atom is 0.283 e. The number of thioether (sulfide) groups is 1. The molecule has 0 fully saturated rings. The Balaban J connectivity index is 1.43. The summed E-state index contributed by atoms with van der Waals surface area (Å²) in [5.41, 5.74) is 5.92. The molecular weight excluding hydrogens is 466 g/mol. The molecule has 0 atom stereocenters. The molecule has 1 amide bonds. The fourth-order valence-electron chi connectivity index (χ4n) is 4.16. The van der Waals surface area contributed by atoms with Crippen LogP contribution in [0.25, 0.3) is 17.0 Å². The van der Waals surface area contributed by atoms with Gasteiger partial charge in [-0.2, -0.15) is 0 Å². The van der Waals surface area contributed by atoms with Crippen molar-refractivity contribution in [2.24, 2.45) is 4.99 Å². The first-order chi connectivity index (χ1) is 17.4. The zero-order chi connectivity index (χ0) is 25.2. The van der Waals surface area contributed by atoms with Gasteiger partial charge in [-0.1, -0.05) is 85.8 Å². The molecule has 36 heavy (non-hydrogen) atoms. The third-order valence-electron chi connectivity index (χ3n) is 6.25. The fraction of sp³-hybridized carbons (Fsp3) is 0.167. The molecule has 0 radical (unpaired) electrons. The number of para-hydroxylation sites is 1. The van der Waals surface area contributed by atoms with Crippen LogP contribution < -0.4 is 4.90 Å². The van der Waals surface area contributed by atoms with E-state index in [1.807, 2.05) is 73.7 Å². The average molecular weight is 494 g/mol. The van der Waals surface area contributed by atoms with Crippen LogP contribution in [0.4, 0.5) is 5.69 Å². The number of nitrogens with one attached hydrogen (secondary N) is 1. The molecule has 5 rings (SSSR count). The monoisotopic (exact) mass is 493 g/mol. The van der Waals surface area contributed by atoms with E-state index in [-0.39, 0.29) is 17.4 Å². The molecule has 5 nitrogen and oxygen atoms in total. The van der Waals surface area contributed by atoms with Gasteiger partial charge in [0.15, 0.2) is 11.0 Å². The van der Waals surface area contributed by atoms with Crippen LogP contribution in [-0.2, 0) is 4.79 Å². The fourth-order valence-corrected chi connectivity index (χ4v) is 5.06. The second-order valence-corrected chi connectivity index (χ2v) is 10.1. The molecule has 0 saturated heterocycles. The summed E-state index contributed by atoms with van der Waals surface area (Å²) in [4.78, 5) is 36.0. The van der Waals surface area contributed by atoms with Crippen molar-refractivity contribution < 1.29 is 9.59 Å². The summed E-state index contributed by atoms with van der Waals surface area (Å²) in [6, 6.07) is 23.7. The molecule has 0 bridgehead atoms. The number of carbonyl (C=O) groups is 2. The quantitative estimate of drug-likeness (QED) is 0.233. The minimum absolute atomic E-state index is 0.0156. The number of aromatic amines is 1. The number of hydrogen-bond acceptors (Lipinski definition) is 4. The van der Waals surface area contributed by atoms with Crippen LogP contribution in [0.15, 0.2) is 89.7 Å². The van der Waals surface area contributed by atoms with Gasteiger partial charge in [0.2, 0.25) is 0 Å². The van der Waals surface area contributed by atoms with E-state index in [9.17, 15) is 9.59 Å². The molecule has 180 valence electrons. The molecule has 0 unspecified atom stereocenters. The van der Waals surface area contributed by atoms with E-state index < -0.39 is 0 Å². The third kappa shape index (κ3) is 4.77. The molecule has 1 N–H and O–H groups in total. The van der Waals surface area contributed by atoms with Gasteiger partial charge < -0.3 is 4.98 Å². The molecular formula is C30H27N3O2S. The van der Waals surface area contributed by atoms with Crippen molar-refractivity contribution >= 4 is 51.3 Å². The van der Waals surface area contributed by atoms with Crippen molar-refractivity contribution in [3.63, 3.8) is 0 Å². The van der Waals surface area contributed by atoms with Gasteiger partial charge >= 0.3 is 0 Å². The smallest absolute Gasteiger partial charge is 0.283 e. The highest BCUT2D eigenvalue weighted by Crippen LogP contribution is 2.31. The van der Waals surface area contributed by atoms with Crippen molar-refractivity contribution in [3.8, 4) is 0 Å². The van der Waals surface area contributed by atoms with Gasteiger partial charge in [0.1, 0.15) is 5.70 Å². The normalized spacial score (nSPS) is 14.8. The number of aromatic nitrogens is 1. The van der Waals surface area contributed by atoms with E-state index in [0.29, 0.717) is 22.3 Å². The number of carbonyl (C=O) groups excluding carboxylic acids is 2. The number of amides is 1. The van der Waals surface area contributed by atoms with E-state index >= 15 is 0 Å². The molecule has 2 heterocycles. The predicted molar refractivity (Wildman–Crippen MR) is 150 cm³/mol. The molecule has 0 aliphatic carbocycles. The summed E-state index contributed by atoms with van der Waals surface area (Å²) in [7, 11) is 0. The highest BCUT2D eigenvalue weighted by molar-refractivity contribution is 8.14. The number of benzene rings is 3. The molecule has 1 aliphatic rings. The molecule has 6 heteroatoms. The Kier molecular flexibility index (Phi) is 6.61. The standard InChI is InChI=1S/C30H27N3O2S/c1-19(2)22-12-10-21(11-13-22)16-27-29(35)33(23-14-8-20(3)9-15-23)30(32-27)36-18-28(34)25-17-31-26-7-5-4-6-24(25)26/h4-17,19,31H,18H2,1-3H3. The molecule has 0 spiro atoms. The van der Waals surface area contributed by atoms with Crippen LogP contribution in [0.2, 0.25) is 0 Å². The van der Waals surface area contributed by atoms with Crippen LogP contribution in [0.3, 0.4) is 0 Å². The molecule has 3 aromatic carbocycles. The number of nitrogens with zero attached hydrogens (tertiary/aromatic N) is 2. The average Bonchev–Trinajstić information content (AvgIpc) is 3.45. The molecule has 4 aromatic rings. The number of Topliss-reactive ketones (excluding diaryl/α,β-unsaturated/α-hetero) is 1. The Morgan fingerprint density at radius 3 is 2.47 bits per heavy atom. The van der Waals surface area contributed by atoms with Gasteiger partial charge in [0.25, 0.3) is 5.91 Å². The largest absolute Gasteiger partial charge is 0.360 e. The number of anilines is 1. The highest BCUT2D eigenvalue weighted by atomic mass is 32.2. The molecule has 0 saturated carbocycles. The summed E-state index contributed by atoms with van der Waals surface area (Å²) in [6.45, 7) is 6.31. The summed E-state index contributed by atoms with van der Waals surface area (Å²) < 4.78 is 0. The number of H-pyrrole nitrogens is 1. The van der Waals surface area contributed by atoms with Crippen LogP contribution in [0.5, 0.6) is 0 Å². The Hall–Kier alpha value is -3.90. The van der Waals surface area contributed by atoms with Crippen molar-refractivity contribution in [3.05, 3.63) is 107 Å². The maximum atomic E-state index is 13.5. The Morgan fingerprint density at radius 2 is 1.75 bits per heavy atom. The van der Waals surface area contributed by atoms with Gasteiger partial charge in [-0.05, 0) is 48.2 Å². The number of ketones is 1. The van der Waals surface area contributed by atoms with E-state index in [4.69, 9.17) is 0 Å². The van der Waals surface area contributed by atoms with E-state index in [1.165, 1.54) is 17.3 Å². The minimum atomic E-state index is -0.200. The Bertz CT molecular complexity index is 1500. The number of aliphatic imine (C=N–C) groups is 1. The second-order valence-electron chi connectivity index (χ2n) is 9.18. The number of aryl methyl sites for hydroxylation is 1. The van der Waals surface area contributed by atoms with Crippen molar-refractivity contribution in [2.75, 3.05) is 10.7 Å². The van der Waals surface area contributed by atoms with Crippen molar-refractivity contribution in [1.29, 1.82) is 0 Å². The predicted octanol–water partition coefficient (Wildman–Crippen LogP) is 6.96. The van der Waals surface area contributed by atoms with Crippen LogP contribution >= 0.6 is 11.8 Å². The summed E-state index contributed by atoms with van der Waals surface area (Å²) in [5, 5.41) is 1.40. The minimum Gasteiger partial charge on any atom is -0.360 e. The number of rotatable bonds is 6. The summed E-state index contributed by atoms with van der Waals surface area (Å²) in [6.07, 6.45) is 3.56. The SMILES string of the molecule is Cc1ccc(N2C(=O)C(=Cc3ccc(C(C)C)cc3)N=C2SCC(=O)c2c[nH]c3ccccc23)cc1. The highest BCUT2D eigenvalue weighted by Gasteiger charge is 2.32. The maximum absolute atomic E-state index is 13.5. The van der Waals surface area contributed by atoms with Crippen LogP contribution in [0, 0.1) is 6.92 Å². The van der Waals surface area contributed by atoms with Crippen LogP contribution in [0.1, 0.15) is 46.8 Å². The first-order valence-electron chi connectivity index (χ1n) is 11.9. The lowest BCUT2D eigenvalue weighted by Gasteiger charge is -2.17. The second kappa shape index (κ2) is 9.99. The lowest BCUT2D eigenvalue weighted by atomic mass is 10.0. The van der Waals surface area contributed by atoms with E-state index in [2.05, 4.69) is 36.0 Å². The summed E-state index contributed by atoms with van der Waals surface area (Å²) >= 11 is 1.28. The number of fused-ring (bicyclic) bond motifs is 1. The Morgan fingerprint density at radius 1 is 1.03 bits per heavy atom. The third-order valence-corrected chi connectivity index (χ3v) is 7.19. The Labute approximate surface area is 214 Å². The van der Waals surface area contributed by atoms with Crippen LogP contribution in [-0.4, -0.2) is 27.6 Å². The number of amidine groups is 1. The lowest BCUT2D eigenvalue weighted by molar-refractivity contribution is -0.113. The van der Waals surface area contributed by atoms with E-state index in [1.54, 1.807) is 11.1 Å². The van der Waals surface area contributed by atoms with Gasteiger partial charge in [-0.3, -0.25) is 14.5 Å². The van der Waals surface area contributed by atoms with Gasteiger partial charge in [-0.25, -0.2) is 4.99 Å². The summed E-state index contributed by atoms with van der Waals surface area (Å²) in [5.74, 6) is 0.395. The van der Waals surface area contributed by atoms with Crippen molar-refractivity contribution in [1.82, 2.24) is 4.98 Å². The lowest BCUT2D eigenvalue weighted by Crippen LogP contribution is -2.30. The molecule has 1 aliphatic heterocycles. The van der Waals surface area contributed by atoms with Gasteiger partial charge in [0, 0.05) is 22.7 Å². The van der Waals surface area contributed by atoms with Gasteiger partial charge in [0.05, 0.1) is 11.4 Å². The zero-order valence-corrected chi connectivity index (χ0v) is 21.3. The molecule has 1 aromatic heterocycles. The van der Waals surface area contributed by atoms with E-state index in [0.717, 1.165) is 27.7 Å². The van der Waals surface area contributed by atoms with Gasteiger partial charge in [-0.15, -0.1) is 0 Å². The zero-order valence-electron chi connectivity index (χ0n) is 20.5. The number of hydrogen-bond donors (Lipinski definition) is 1. The topological polar surface area (TPSA) is 65.5 Å². The first kappa shape index (κ1) is 23.8. The first-order valence-corrected chi connectivity index (χ1v) is 12.9.